The maximum absolute atomic E-state index is 12.8. The Balaban J connectivity index is 4.25. The molecular weight excluding hydrogens is 781 g/mol. The third-order valence-corrected chi connectivity index (χ3v) is 12.1. The average molecular weight is 885 g/mol. The third-order valence-electron chi connectivity index (χ3n) is 12.1. The summed E-state index contributed by atoms with van der Waals surface area (Å²) >= 11 is 0. The summed E-state index contributed by atoms with van der Waals surface area (Å²) in [6.45, 7) is 6.55. The van der Waals surface area contributed by atoms with E-state index >= 15 is 0 Å². The first kappa shape index (κ1) is 60.6. The van der Waals surface area contributed by atoms with Crippen LogP contribution in [0.5, 0.6) is 0 Å². The van der Waals surface area contributed by atoms with Crippen LogP contribution in [-0.2, 0) is 28.6 Å². The molecule has 0 aromatic heterocycles. The van der Waals surface area contributed by atoms with Gasteiger partial charge in [-0.2, -0.15) is 0 Å². The molecule has 0 spiro atoms. The minimum Gasteiger partial charge on any atom is -0.462 e. The predicted molar refractivity (Wildman–Crippen MR) is 270 cm³/mol. The standard InChI is InChI=1S/C57H104O6/c1-4-7-10-13-16-19-22-24-26-27-28-29-30-31-32-34-35-38-41-44-47-50-56(59)62-53-54(52-61-55(58)49-46-43-40-37-21-18-15-12-9-6-3)63-57(60)51-48-45-42-39-36-33-25-23-20-17-14-11-8-5-2/h12,14-15,17,23,25,54H,4-11,13,16,18-22,24,26-53H2,1-3H3/b15-12-,17-14-,25-23-. The van der Waals surface area contributed by atoms with Gasteiger partial charge in [0, 0.05) is 19.3 Å². The van der Waals surface area contributed by atoms with Crippen molar-refractivity contribution < 1.29 is 28.6 Å². The van der Waals surface area contributed by atoms with E-state index in [1.54, 1.807) is 0 Å². The number of esters is 3. The summed E-state index contributed by atoms with van der Waals surface area (Å²) in [4.78, 5) is 38.0. The normalized spacial score (nSPS) is 12.2. The molecule has 6 nitrogen and oxygen atoms in total. The molecule has 0 aliphatic carbocycles. The fourth-order valence-corrected chi connectivity index (χ4v) is 7.93. The second-order valence-corrected chi connectivity index (χ2v) is 18.5. The van der Waals surface area contributed by atoms with E-state index in [4.69, 9.17) is 14.2 Å². The summed E-state index contributed by atoms with van der Waals surface area (Å²) < 4.78 is 16.8. The van der Waals surface area contributed by atoms with Crippen LogP contribution in [0.2, 0.25) is 0 Å². The fourth-order valence-electron chi connectivity index (χ4n) is 7.93. The molecule has 63 heavy (non-hydrogen) atoms. The monoisotopic (exact) mass is 885 g/mol. The van der Waals surface area contributed by atoms with Gasteiger partial charge in [-0.15, -0.1) is 0 Å². The van der Waals surface area contributed by atoms with Gasteiger partial charge in [-0.05, 0) is 64.2 Å². The van der Waals surface area contributed by atoms with E-state index in [1.807, 2.05) is 0 Å². The predicted octanol–water partition coefficient (Wildman–Crippen LogP) is 18.1. The van der Waals surface area contributed by atoms with Crippen molar-refractivity contribution in [2.45, 2.75) is 297 Å². The van der Waals surface area contributed by atoms with E-state index < -0.39 is 6.10 Å². The minimum atomic E-state index is -0.779. The molecular formula is C57H104O6. The van der Waals surface area contributed by atoms with E-state index in [0.29, 0.717) is 19.3 Å². The van der Waals surface area contributed by atoms with Crippen molar-refractivity contribution in [1.29, 1.82) is 0 Å². The molecule has 0 aliphatic heterocycles. The van der Waals surface area contributed by atoms with E-state index in [2.05, 4.69) is 57.2 Å². The molecule has 0 rings (SSSR count). The molecule has 0 saturated carbocycles. The smallest absolute Gasteiger partial charge is 0.306 e. The highest BCUT2D eigenvalue weighted by atomic mass is 16.6. The topological polar surface area (TPSA) is 78.9 Å². The number of rotatable bonds is 50. The van der Waals surface area contributed by atoms with Gasteiger partial charge >= 0.3 is 17.9 Å². The maximum atomic E-state index is 12.8. The molecule has 0 radical (unpaired) electrons. The second-order valence-electron chi connectivity index (χ2n) is 18.5. The van der Waals surface area contributed by atoms with Gasteiger partial charge in [0.2, 0.25) is 0 Å². The van der Waals surface area contributed by atoms with Crippen LogP contribution >= 0.6 is 0 Å². The molecule has 0 bridgehead atoms. The molecule has 0 N–H and O–H groups in total. The molecule has 0 aliphatic rings. The van der Waals surface area contributed by atoms with Crippen molar-refractivity contribution in [2.75, 3.05) is 13.2 Å². The van der Waals surface area contributed by atoms with Crippen LogP contribution in [0.25, 0.3) is 0 Å². The Morgan fingerprint density at radius 3 is 1.00 bits per heavy atom. The van der Waals surface area contributed by atoms with Crippen molar-refractivity contribution in [3.8, 4) is 0 Å². The number of carbonyl (C=O) groups excluding carboxylic acids is 3. The van der Waals surface area contributed by atoms with Crippen molar-refractivity contribution in [3.63, 3.8) is 0 Å². The number of carbonyl (C=O) groups is 3. The lowest BCUT2D eigenvalue weighted by Crippen LogP contribution is -2.30. The number of allylic oxidation sites excluding steroid dienone is 6. The van der Waals surface area contributed by atoms with Gasteiger partial charge in [0.05, 0.1) is 0 Å². The Morgan fingerprint density at radius 2 is 0.619 bits per heavy atom. The van der Waals surface area contributed by atoms with Gasteiger partial charge in [-0.1, -0.05) is 243 Å². The number of hydrogen-bond acceptors (Lipinski definition) is 6. The van der Waals surface area contributed by atoms with Crippen molar-refractivity contribution in [3.05, 3.63) is 36.5 Å². The lowest BCUT2D eigenvalue weighted by molar-refractivity contribution is -0.167. The number of unbranched alkanes of at least 4 members (excludes halogenated alkanes) is 33. The first-order chi connectivity index (χ1) is 31.0. The number of hydrogen-bond donors (Lipinski definition) is 0. The minimum absolute atomic E-state index is 0.0775. The zero-order valence-corrected chi connectivity index (χ0v) is 42.1. The van der Waals surface area contributed by atoms with Gasteiger partial charge < -0.3 is 14.2 Å². The molecule has 0 saturated heterocycles. The highest BCUT2D eigenvalue weighted by molar-refractivity contribution is 5.71. The molecule has 6 heteroatoms. The summed E-state index contributed by atoms with van der Waals surface area (Å²) in [6, 6.07) is 0. The lowest BCUT2D eigenvalue weighted by Gasteiger charge is -2.18. The first-order valence-corrected chi connectivity index (χ1v) is 27.5. The largest absolute Gasteiger partial charge is 0.462 e. The molecule has 368 valence electrons. The second kappa shape index (κ2) is 52.3. The van der Waals surface area contributed by atoms with Gasteiger partial charge in [-0.3, -0.25) is 14.4 Å². The van der Waals surface area contributed by atoms with Crippen LogP contribution < -0.4 is 0 Å². The van der Waals surface area contributed by atoms with Crippen LogP contribution in [0.4, 0.5) is 0 Å². The van der Waals surface area contributed by atoms with Crippen LogP contribution in [0.1, 0.15) is 290 Å². The van der Waals surface area contributed by atoms with E-state index in [9.17, 15) is 14.4 Å². The maximum Gasteiger partial charge on any atom is 0.306 e. The summed E-state index contributed by atoms with van der Waals surface area (Å²) in [5.41, 5.74) is 0. The zero-order chi connectivity index (χ0) is 45.8. The fraction of sp³-hybridized carbons (Fsp3) is 0.842. The average Bonchev–Trinajstić information content (AvgIpc) is 3.28. The summed E-state index contributed by atoms with van der Waals surface area (Å²) in [7, 11) is 0. The van der Waals surface area contributed by atoms with E-state index in [1.165, 1.54) is 154 Å². The van der Waals surface area contributed by atoms with Crippen LogP contribution in [0.3, 0.4) is 0 Å². The zero-order valence-electron chi connectivity index (χ0n) is 42.1. The van der Waals surface area contributed by atoms with Crippen molar-refractivity contribution in [2.24, 2.45) is 0 Å². The molecule has 1 atom stereocenters. The van der Waals surface area contributed by atoms with Gasteiger partial charge in [0.25, 0.3) is 0 Å². The van der Waals surface area contributed by atoms with Gasteiger partial charge in [0.15, 0.2) is 6.10 Å². The Bertz CT molecular complexity index is 1060. The number of ether oxygens (including phenoxy) is 3. The highest BCUT2D eigenvalue weighted by Gasteiger charge is 2.19. The van der Waals surface area contributed by atoms with Crippen LogP contribution in [0.15, 0.2) is 36.5 Å². The Labute approximate surface area is 391 Å². The summed E-state index contributed by atoms with van der Waals surface area (Å²) in [6.07, 6.45) is 61.4. The summed E-state index contributed by atoms with van der Waals surface area (Å²) in [5.74, 6) is -0.891. The molecule has 0 heterocycles. The molecule has 1 unspecified atom stereocenters. The quantitative estimate of drug-likeness (QED) is 0.0262. The molecule has 0 fully saturated rings. The third kappa shape index (κ3) is 50.5. The van der Waals surface area contributed by atoms with E-state index in [-0.39, 0.29) is 31.1 Å². The Morgan fingerprint density at radius 1 is 0.317 bits per heavy atom. The Hall–Kier alpha value is -2.37. The van der Waals surface area contributed by atoms with Gasteiger partial charge in [0.1, 0.15) is 13.2 Å². The Kier molecular flexibility index (Phi) is 50.3. The lowest BCUT2D eigenvalue weighted by atomic mass is 10.0. The van der Waals surface area contributed by atoms with Crippen LogP contribution in [0, 0.1) is 0 Å². The molecule has 0 aromatic carbocycles. The SMILES string of the molecule is CCC/C=C\CCCCCCCC(=O)OCC(COC(=O)CCCCCCCCCCCCCCCCCCCCCCC)OC(=O)CCCCCCC/C=C\C/C=C\CCCC. The molecule has 0 aromatic rings. The summed E-state index contributed by atoms with van der Waals surface area (Å²) in [5, 5.41) is 0. The van der Waals surface area contributed by atoms with Crippen LogP contribution in [-0.4, -0.2) is 37.2 Å². The van der Waals surface area contributed by atoms with Gasteiger partial charge in [-0.25, -0.2) is 0 Å². The highest BCUT2D eigenvalue weighted by Crippen LogP contribution is 2.16. The van der Waals surface area contributed by atoms with E-state index in [0.717, 1.165) is 96.3 Å². The molecule has 0 amide bonds. The van der Waals surface area contributed by atoms with Crippen molar-refractivity contribution >= 4 is 17.9 Å². The first-order valence-electron chi connectivity index (χ1n) is 27.5. The van der Waals surface area contributed by atoms with Crippen molar-refractivity contribution in [1.82, 2.24) is 0 Å².